The van der Waals surface area contributed by atoms with E-state index in [0.717, 1.165) is 26.1 Å². The van der Waals surface area contributed by atoms with Crippen LogP contribution < -0.4 is 10.6 Å². The van der Waals surface area contributed by atoms with E-state index in [-0.39, 0.29) is 5.41 Å². The molecule has 1 heterocycles. The van der Waals surface area contributed by atoms with Crippen LogP contribution in [0.3, 0.4) is 0 Å². The van der Waals surface area contributed by atoms with Crippen molar-refractivity contribution in [2.75, 3.05) is 18.5 Å². The molecule has 0 bridgehead atoms. The average molecular weight is 288 g/mol. The van der Waals surface area contributed by atoms with Crippen LogP contribution in [0.1, 0.15) is 44.7 Å². The molecule has 0 radical (unpaired) electrons. The van der Waals surface area contributed by atoms with E-state index in [1.54, 1.807) is 0 Å². The summed E-state index contributed by atoms with van der Waals surface area (Å²) in [5.74, 6) is 0. The first kappa shape index (κ1) is 14.9. The van der Waals surface area contributed by atoms with E-state index in [4.69, 9.17) is 4.74 Å². The van der Waals surface area contributed by atoms with Crippen LogP contribution in [0, 0.1) is 5.41 Å². The molecule has 1 aliphatic carbocycles. The maximum absolute atomic E-state index is 5.82. The number of benzene rings is 1. The van der Waals surface area contributed by atoms with Gasteiger partial charge in [0.05, 0.1) is 6.10 Å². The molecule has 2 aliphatic rings. The van der Waals surface area contributed by atoms with Gasteiger partial charge in [-0.15, -0.1) is 0 Å². The molecule has 2 unspecified atom stereocenters. The Morgan fingerprint density at radius 3 is 3.00 bits per heavy atom. The number of rotatable bonds is 5. The highest BCUT2D eigenvalue weighted by atomic mass is 16.5. The molecule has 2 atom stereocenters. The van der Waals surface area contributed by atoms with Gasteiger partial charge in [0.25, 0.3) is 0 Å². The topological polar surface area (TPSA) is 33.3 Å². The number of ether oxygens (including phenoxy) is 1. The first-order valence-electron chi connectivity index (χ1n) is 8.32. The van der Waals surface area contributed by atoms with Gasteiger partial charge < -0.3 is 15.4 Å². The molecule has 3 rings (SSSR count). The van der Waals surface area contributed by atoms with Gasteiger partial charge in [-0.3, -0.25) is 0 Å². The molecule has 1 aromatic rings. The second kappa shape index (κ2) is 5.98. The van der Waals surface area contributed by atoms with Crippen LogP contribution >= 0.6 is 0 Å². The fraction of sp³-hybridized carbons (Fsp3) is 0.667. The fourth-order valence-electron chi connectivity index (χ4n) is 3.70. The molecular formula is C18H28N2O. The van der Waals surface area contributed by atoms with Crippen molar-refractivity contribution in [1.82, 2.24) is 5.32 Å². The highest BCUT2D eigenvalue weighted by molar-refractivity contribution is 5.56. The van der Waals surface area contributed by atoms with Crippen molar-refractivity contribution < 1.29 is 4.74 Å². The average Bonchev–Trinajstić information content (AvgIpc) is 2.50. The summed E-state index contributed by atoms with van der Waals surface area (Å²) in [7, 11) is 0. The lowest BCUT2D eigenvalue weighted by Crippen LogP contribution is -2.60. The SMILES string of the molecule is CCOC1CC(NCc2cccc3c2CCCN3)C1(C)C. The zero-order chi connectivity index (χ0) is 14.9. The molecule has 3 nitrogen and oxygen atoms in total. The van der Waals surface area contributed by atoms with Crippen LogP contribution in [0.2, 0.25) is 0 Å². The third-order valence-corrected chi connectivity index (χ3v) is 5.28. The van der Waals surface area contributed by atoms with Crippen molar-refractivity contribution in [2.24, 2.45) is 5.41 Å². The Morgan fingerprint density at radius 2 is 2.24 bits per heavy atom. The Kier molecular flexibility index (Phi) is 4.23. The molecule has 21 heavy (non-hydrogen) atoms. The molecule has 0 saturated heterocycles. The Morgan fingerprint density at radius 1 is 1.38 bits per heavy atom. The number of hydrogen-bond acceptors (Lipinski definition) is 3. The standard InChI is InChI=1S/C18H28N2O/c1-4-21-17-11-16(18(17,2)3)20-12-13-7-5-9-15-14(13)8-6-10-19-15/h5,7,9,16-17,19-20H,4,6,8,10-12H2,1-3H3. The minimum absolute atomic E-state index is 0.239. The minimum atomic E-state index is 0.239. The summed E-state index contributed by atoms with van der Waals surface area (Å²) >= 11 is 0. The van der Waals surface area contributed by atoms with Crippen molar-refractivity contribution in [3.63, 3.8) is 0 Å². The highest BCUT2D eigenvalue weighted by Gasteiger charge is 2.48. The van der Waals surface area contributed by atoms with Gasteiger partial charge in [-0.1, -0.05) is 26.0 Å². The number of nitrogens with one attached hydrogen (secondary N) is 2. The van der Waals surface area contributed by atoms with Gasteiger partial charge >= 0.3 is 0 Å². The van der Waals surface area contributed by atoms with E-state index in [2.05, 4.69) is 49.6 Å². The molecule has 1 aromatic carbocycles. The lowest BCUT2D eigenvalue weighted by Gasteiger charge is -2.52. The van der Waals surface area contributed by atoms with E-state index in [9.17, 15) is 0 Å². The van der Waals surface area contributed by atoms with Crippen LogP contribution in [-0.4, -0.2) is 25.3 Å². The van der Waals surface area contributed by atoms with Crippen LogP contribution in [0.4, 0.5) is 5.69 Å². The Balaban J connectivity index is 1.62. The smallest absolute Gasteiger partial charge is 0.0655 e. The van der Waals surface area contributed by atoms with Crippen molar-refractivity contribution >= 4 is 5.69 Å². The Hall–Kier alpha value is -1.06. The number of hydrogen-bond donors (Lipinski definition) is 2. The normalized spacial score (nSPS) is 26.6. The number of anilines is 1. The van der Waals surface area contributed by atoms with Gasteiger partial charge in [-0.2, -0.15) is 0 Å². The second-order valence-electron chi connectivity index (χ2n) is 6.91. The summed E-state index contributed by atoms with van der Waals surface area (Å²) in [6.45, 7) is 9.61. The molecule has 1 aliphatic heterocycles. The third kappa shape index (κ3) is 2.82. The van der Waals surface area contributed by atoms with Gasteiger partial charge in [0.1, 0.15) is 0 Å². The summed E-state index contributed by atoms with van der Waals surface area (Å²) in [4.78, 5) is 0. The fourth-order valence-corrected chi connectivity index (χ4v) is 3.70. The van der Waals surface area contributed by atoms with E-state index in [1.165, 1.54) is 29.7 Å². The summed E-state index contributed by atoms with van der Waals surface area (Å²) < 4.78 is 5.82. The van der Waals surface area contributed by atoms with E-state index < -0.39 is 0 Å². The van der Waals surface area contributed by atoms with Crippen LogP contribution in [0.5, 0.6) is 0 Å². The maximum Gasteiger partial charge on any atom is 0.0655 e. The van der Waals surface area contributed by atoms with Crippen LogP contribution in [0.15, 0.2) is 18.2 Å². The van der Waals surface area contributed by atoms with Crippen molar-refractivity contribution in [3.8, 4) is 0 Å². The Bertz CT molecular complexity index is 498. The largest absolute Gasteiger partial charge is 0.385 e. The van der Waals surface area contributed by atoms with E-state index >= 15 is 0 Å². The summed E-state index contributed by atoms with van der Waals surface area (Å²) in [5.41, 5.74) is 4.54. The van der Waals surface area contributed by atoms with Crippen molar-refractivity contribution in [2.45, 2.75) is 58.7 Å². The van der Waals surface area contributed by atoms with Crippen LogP contribution in [0.25, 0.3) is 0 Å². The summed E-state index contributed by atoms with van der Waals surface area (Å²) in [5, 5.41) is 7.27. The molecular weight excluding hydrogens is 260 g/mol. The zero-order valence-electron chi connectivity index (χ0n) is 13.5. The highest BCUT2D eigenvalue weighted by Crippen LogP contribution is 2.43. The number of fused-ring (bicyclic) bond motifs is 1. The van der Waals surface area contributed by atoms with Gasteiger partial charge in [-0.05, 0) is 43.4 Å². The molecule has 0 aromatic heterocycles. The quantitative estimate of drug-likeness (QED) is 0.872. The van der Waals surface area contributed by atoms with Crippen molar-refractivity contribution in [1.29, 1.82) is 0 Å². The first-order valence-corrected chi connectivity index (χ1v) is 8.32. The zero-order valence-corrected chi connectivity index (χ0v) is 13.5. The second-order valence-corrected chi connectivity index (χ2v) is 6.91. The third-order valence-electron chi connectivity index (χ3n) is 5.28. The predicted molar refractivity (Wildman–Crippen MR) is 87.7 cm³/mol. The predicted octanol–water partition coefficient (Wildman–Crippen LogP) is 3.34. The molecule has 0 amide bonds. The molecule has 1 saturated carbocycles. The maximum atomic E-state index is 5.82. The lowest BCUT2D eigenvalue weighted by molar-refractivity contribution is -0.114. The van der Waals surface area contributed by atoms with Gasteiger partial charge in [0, 0.05) is 36.8 Å². The van der Waals surface area contributed by atoms with Crippen LogP contribution in [-0.2, 0) is 17.7 Å². The summed E-state index contributed by atoms with van der Waals surface area (Å²) in [6, 6.07) is 7.20. The molecule has 0 spiro atoms. The lowest BCUT2D eigenvalue weighted by atomic mass is 9.64. The minimum Gasteiger partial charge on any atom is -0.385 e. The monoisotopic (exact) mass is 288 g/mol. The molecule has 2 N–H and O–H groups in total. The van der Waals surface area contributed by atoms with E-state index in [1.807, 2.05) is 0 Å². The molecule has 3 heteroatoms. The van der Waals surface area contributed by atoms with Crippen molar-refractivity contribution in [3.05, 3.63) is 29.3 Å². The van der Waals surface area contributed by atoms with E-state index in [0.29, 0.717) is 12.1 Å². The molecule has 1 fully saturated rings. The van der Waals surface area contributed by atoms with Gasteiger partial charge in [0.2, 0.25) is 0 Å². The molecule has 116 valence electrons. The first-order chi connectivity index (χ1) is 10.1. The summed E-state index contributed by atoms with van der Waals surface area (Å²) in [6.07, 6.45) is 3.99. The van der Waals surface area contributed by atoms with Gasteiger partial charge in [0.15, 0.2) is 0 Å². The Labute approximate surface area is 128 Å². The van der Waals surface area contributed by atoms with Gasteiger partial charge in [-0.25, -0.2) is 0 Å².